The highest BCUT2D eigenvalue weighted by Crippen LogP contribution is 1.84. The van der Waals surface area contributed by atoms with E-state index >= 15 is 0 Å². The van der Waals surface area contributed by atoms with Crippen LogP contribution in [0.5, 0.6) is 0 Å². The zero-order valence-corrected chi connectivity index (χ0v) is 9.15. The first kappa shape index (κ1) is 17.3. The standard InChI is InChI=1S/C5H14NO.C3H8.ClH/c1-6(2,3)4-5-7;1-3-2;/h7H,4-5H2,1-3H3;3H2,1-2H3;1H/q+1;;/p-1. The van der Waals surface area contributed by atoms with Gasteiger partial charge in [0.15, 0.2) is 0 Å². The summed E-state index contributed by atoms with van der Waals surface area (Å²) in [6, 6.07) is 0. The Labute approximate surface area is 77.2 Å². The summed E-state index contributed by atoms with van der Waals surface area (Å²) < 4.78 is 0.844. The van der Waals surface area contributed by atoms with Crippen LogP contribution in [0.4, 0.5) is 0 Å². The monoisotopic (exact) mass is 183 g/mol. The average Bonchev–Trinajstić information content (AvgIpc) is 1.63. The molecule has 0 aliphatic rings. The summed E-state index contributed by atoms with van der Waals surface area (Å²) in [6.07, 6.45) is 1.25. The molecule has 0 saturated carbocycles. The molecule has 0 bridgehead atoms. The molecule has 1 N–H and O–H groups in total. The van der Waals surface area contributed by atoms with Crippen molar-refractivity contribution in [2.45, 2.75) is 20.3 Å². The number of hydrogen-bond acceptors (Lipinski definition) is 1. The van der Waals surface area contributed by atoms with Crippen molar-refractivity contribution in [1.29, 1.82) is 0 Å². The molecule has 2 nitrogen and oxygen atoms in total. The molecule has 0 unspecified atom stereocenters. The van der Waals surface area contributed by atoms with Gasteiger partial charge in [-0.2, -0.15) is 0 Å². The number of likely N-dealkylation sites (N-methyl/N-ethyl adjacent to an activating group) is 1. The van der Waals surface area contributed by atoms with Crippen molar-refractivity contribution in [3.05, 3.63) is 0 Å². The number of quaternary nitrogens is 1. The van der Waals surface area contributed by atoms with Crippen LogP contribution in [0.2, 0.25) is 0 Å². The van der Waals surface area contributed by atoms with Gasteiger partial charge in [-0.1, -0.05) is 20.3 Å². The third-order valence-electron chi connectivity index (χ3n) is 0.771. The normalized spacial score (nSPS) is 9.27. The van der Waals surface area contributed by atoms with Gasteiger partial charge in [-0.3, -0.25) is 0 Å². The number of aliphatic hydroxyl groups is 1. The molecule has 0 aromatic carbocycles. The van der Waals surface area contributed by atoms with Crippen LogP contribution in [0, 0.1) is 0 Å². The van der Waals surface area contributed by atoms with Gasteiger partial charge >= 0.3 is 0 Å². The van der Waals surface area contributed by atoms with E-state index in [-0.39, 0.29) is 19.0 Å². The van der Waals surface area contributed by atoms with E-state index in [1.165, 1.54) is 6.42 Å². The molecule has 0 saturated heterocycles. The van der Waals surface area contributed by atoms with E-state index in [2.05, 4.69) is 35.0 Å². The minimum absolute atomic E-state index is 0. The highest BCUT2D eigenvalue weighted by molar-refractivity contribution is 4.19. The van der Waals surface area contributed by atoms with Crippen LogP contribution < -0.4 is 12.4 Å². The van der Waals surface area contributed by atoms with E-state index in [1.807, 2.05) is 0 Å². The first-order valence-corrected chi connectivity index (χ1v) is 3.89. The highest BCUT2D eigenvalue weighted by atomic mass is 35.5. The zero-order valence-electron chi connectivity index (χ0n) is 8.39. The number of rotatable bonds is 2. The van der Waals surface area contributed by atoms with Gasteiger partial charge in [0.1, 0.15) is 6.54 Å². The molecule has 3 heteroatoms. The maximum absolute atomic E-state index is 8.39. The Morgan fingerprint density at radius 3 is 1.36 bits per heavy atom. The second-order valence-corrected chi connectivity index (χ2v) is 3.44. The molecule has 0 fully saturated rings. The average molecular weight is 184 g/mol. The number of hydrogen-bond donors (Lipinski definition) is 1. The Morgan fingerprint density at radius 1 is 1.09 bits per heavy atom. The smallest absolute Gasteiger partial charge is 0.101 e. The molecule has 0 aliphatic heterocycles. The van der Waals surface area contributed by atoms with Crippen molar-refractivity contribution >= 4 is 0 Å². The number of aliphatic hydroxyl groups excluding tert-OH is 1. The van der Waals surface area contributed by atoms with Gasteiger partial charge in [0.05, 0.1) is 27.7 Å². The Bertz CT molecular complexity index is 61.6. The fraction of sp³-hybridized carbons (Fsp3) is 1.00. The lowest BCUT2D eigenvalue weighted by Crippen LogP contribution is -3.00. The topological polar surface area (TPSA) is 20.2 Å². The summed E-state index contributed by atoms with van der Waals surface area (Å²) in [6.45, 7) is 5.36. The van der Waals surface area contributed by atoms with Crippen LogP contribution in [-0.4, -0.2) is 43.9 Å². The van der Waals surface area contributed by atoms with Crippen LogP contribution in [0.25, 0.3) is 0 Å². The van der Waals surface area contributed by atoms with Gasteiger partial charge in [-0.15, -0.1) is 0 Å². The van der Waals surface area contributed by atoms with Gasteiger partial charge in [0.25, 0.3) is 0 Å². The molecule has 0 aromatic rings. The van der Waals surface area contributed by atoms with Crippen molar-refractivity contribution in [1.82, 2.24) is 0 Å². The second-order valence-electron chi connectivity index (χ2n) is 3.44. The highest BCUT2D eigenvalue weighted by Gasteiger charge is 2.02. The molecule has 11 heavy (non-hydrogen) atoms. The van der Waals surface area contributed by atoms with Crippen molar-refractivity contribution < 1.29 is 22.0 Å². The van der Waals surface area contributed by atoms with Crippen LogP contribution in [0.15, 0.2) is 0 Å². The van der Waals surface area contributed by atoms with Gasteiger partial charge < -0.3 is 22.0 Å². The molecule has 0 aromatic heterocycles. The molecule has 0 spiro atoms. The van der Waals surface area contributed by atoms with E-state index < -0.39 is 0 Å². The molecule has 0 atom stereocenters. The Hall–Kier alpha value is 0.210. The van der Waals surface area contributed by atoms with Crippen molar-refractivity contribution in [3.63, 3.8) is 0 Å². The van der Waals surface area contributed by atoms with Crippen molar-refractivity contribution in [2.75, 3.05) is 34.3 Å². The first-order chi connectivity index (χ1) is 4.47. The zero-order chi connectivity index (χ0) is 8.62. The third-order valence-corrected chi connectivity index (χ3v) is 0.771. The summed E-state index contributed by atoms with van der Waals surface area (Å²) in [5.74, 6) is 0. The second kappa shape index (κ2) is 10.2. The van der Waals surface area contributed by atoms with Gasteiger partial charge in [0, 0.05) is 0 Å². The van der Waals surface area contributed by atoms with Crippen molar-refractivity contribution in [3.8, 4) is 0 Å². The SMILES string of the molecule is CCC.C[N+](C)(C)CCO.[Cl-]. The first-order valence-electron chi connectivity index (χ1n) is 3.89. The van der Waals surface area contributed by atoms with E-state index in [0.717, 1.165) is 11.0 Å². The quantitative estimate of drug-likeness (QED) is 0.497. The lowest BCUT2D eigenvalue weighted by atomic mass is 10.5. The van der Waals surface area contributed by atoms with E-state index in [9.17, 15) is 0 Å². The maximum atomic E-state index is 8.39. The molecule has 0 amide bonds. The summed E-state index contributed by atoms with van der Waals surface area (Å²) in [4.78, 5) is 0. The Morgan fingerprint density at radius 2 is 1.36 bits per heavy atom. The Balaban J connectivity index is -0.000000140. The van der Waals surface area contributed by atoms with Crippen molar-refractivity contribution in [2.24, 2.45) is 0 Å². The predicted molar refractivity (Wildman–Crippen MR) is 46.0 cm³/mol. The lowest BCUT2D eigenvalue weighted by Gasteiger charge is -2.21. The molecule has 0 aliphatic carbocycles. The van der Waals surface area contributed by atoms with Crippen LogP contribution in [0.1, 0.15) is 20.3 Å². The van der Waals surface area contributed by atoms with Crippen LogP contribution in [-0.2, 0) is 0 Å². The summed E-state index contributed by atoms with van der Waals surface area (Å²) in [5.41, 5.74) is 0. The summed E-state index contributed by atoms with van der Waals surface area (Å²) in [7, 11) is 6.16. The predicted octanol–water partition coefficient (Wildman–Crippen LogP) is -1.89. The molecule has 0 heterocycles. The molecule has 0 rings (SSSR count). The van der Waals surface area contributed by atoms with E-state index in [1.54, 1.807) is 0 Å². The summed E-state index contributed by atoms with van der Waals surface area (Å²) >= 11 is 0. The van der Waals surface area contributed by atoms with Crippen LogP contribution >= 0.6 is 0 Å². The fourth-order valence-electron chi connectivity index (χ4n) is 0.300. The molecular weight excluding hydrogens is 162 g/mol. The van der Waals surface area contributed by atoms with Gasteiger partial charge in [-0.05, 0) is 0 Å². The largest absolute Gasteiger partial charge is 1.00 e. The molecule has 0 radical (unpaired) electrons. The minimum Gasteiger partial charge on any atom is -1.00 e. The van der Waals surface area contributed by atoms with Gasteiger partial charge in [-0.25, -0.2) is 0 Å². The van der Waals surface area contributed by atoms with Gasteiger partial charge in [0.2, 0.25) is 0 Å². The lowest BCUT2D eigenvalue weighted by molar-refractivity contribution is -0.870. The van der Waals surface area contributed by atoms with Crippen LogP contribution in [0.3, 0.4) is 0 Å². The fourth-order valence-corrected chi connectivity index (χ4v) is 0.300. The third kappa shape index (κ3) is 38.8. The molecule has 72 valence electrons. The summed E-state index contributed by atoms with van der Waals surface area (Å²) in [5, 5.41) is 8.39. The van der Waals surface area contributed by atoms with E-state index in [0.29, 0.717) is 0 Å². The number of halogens is 1. The number of nitrogens with zero attached hydrogens (tertiary/aromatic N) is 1. The molecular formula is C8H22ClNO. The maximum Gasteiger partial charge on any atom is 0.101 e. The Kier molecular flexibility index (Phi) is 16.1. The van der Waals surface area contributed by atoms with E-state index in [4.69, 9.17) is 5.11 Å². The minimum atomic E-state index is 0.